The van der Waals surface area contributed by atoms with Crippen molar-refractivity contribution in [1.29, 1.82) is 0 Å². The first-order valence-corrected chi connectivity index (χ1v) is 7.69. The van der Waals surface area contributed by atoms with E-state index in [1.807, 2.05) is 13.8 Å². The Labute approximate surface area is 108 Å². The van der Waals surface area contributed by atoms with Gasteiger partial charge < -0.3 is 10.4 Å². The molecule has 0 fully saturated rings. The lowest BCUT2D eigenvalue weighted by molar-refractivity contribution is -0.136. The number of aliphatic carboxylic acids is 1. The molecule has 0 bridgehead atoms. The van der Waals surface area contributed by atoms with Gasteiger partial charge in [0.1, 0.15) is 5.25 Å². The predicted octanol–water partition coefficient (Wildman–Crippen LogP) is 0.569. The second-order valence-electron chi connectivity index (χ2n) is 4.17. The highest BCUT2D eigenvalue weighted by Crippen LogP contribution is 2.06. The van der Waals surface area contributed by atoms with Crippen LogP contribution in [0.1, 0.15) is 40.0 Å². The number of amides is 1. The second kappa shape index (κ2) is 7.35. The van der Waals surface area contributed by atoms with Crippen LogP contribution in [0.4, 0.5) is 0 Å². The second-order valence-corrected chi connectivity index (χ2v) is 6.62. The molecular formula is C11H21NO5S. The largest absolute Gasteiger partial charge is 0.481 e. The fraction of sp³-hybridized carbons (Fsp3) is 0.818. The molecule has 7 heteroatoms. The molecule has 18 heavy (non-hydrogen) atoms. The predicted molar refractivity (Wildman–Crippen MR) is 68.0 cm³/mol. The summed E-state index contributed by atoms with van der Waals surface area (Å²) in [5.74, 6) is -2.26. The van der Waals surface area contributed by atoms with E-state index in [0.717, 1.165) is 12.8 Å². The zero-order chi connectivity index (χ0) is 14.3. The molecule has 0 aliphatic carbocycles. The summed E-state index contributed by atoms with van der Waals surface area (Å²) in [4.78, 5) is 22.1. The Balaban J connectivity index is 4.57. The molecule has 0 radical (unpaired) electrons. The number of carboxylic acid groups (broad SMARTS) is 1. The van der Waals surface area contributed by atoms with Gasteiger partial charge in [0.15, 0.2) is 9.84 Å². The molecule has 0 aromatic carbocycles. The van der Waals surface area contributed by atoms with Gasteiger partial charge in [-0.05, 0) is 19.8 Å². The van der Waals surface area contributed by atoms with Crippen molar-refractivity contribution in [3.63, 3.8) is 0 Å². The van der Waals surface area contributed by atoms with Crippen LogP contribution in [0.3, 0.4) is 0 Å². The summed E-state index contributed by atoms with van der Waals surface area (Å²) in [7, 11) is -3.71. The number of carboxylic acids is 1. The maximum absolute atomic E-state index is 11.7. The van der Waals surface area contributed by atoms with E-state index in [1.165, 1.54) is 6.92 Å². The topological polar surface area (TPSA) is 101 Å². The first kappa shape index (κ1) is 16.9. The fourth-order valence-corrected chi connectivity index (χ4v) is 2.59. The van der Waals surface area contributed by atoms with Gasteiger partial charge in [-0.25, -0.2) is 8.42 Å². The van der Waals surface area contributed by atoms with Gasteiger partial charge >= 0.3 is 5.97 Å². The lowest BCUT2D eigenvalue weighted by Gasteiger charge is -2.18. The minimum absolute atomic E-state index is 0.0466. The molecule has 0 saturated heterocycles. The molecule has 1 unspecified atom stereocenters. The van der Waals surface area contributed by atoms with Gasteiger partial charge in [0.2, 0.25) is 5.91 Å². The molecule has 0 aromatic rings. The van der Waals surface area contributed by atoms with Crippen LogP contribution in [-0.2, 0) is 19.4 Å². The number of carbonyl (C=O) groups is 2. The first-order valence-electron chi connectivity index (χ1n) is 5.98. The minimum atomic E-state index is -3.71. The first-order chi connectivity index (χ1) is 8.24. The Bertz CT molecular complexity index is 386. The molecule has 6 nitrogen and oxygen atoms in total. The van der Waals surface area contributed by atoms with Crippen LogP contribution < -0.4 is 5.32 Å². The summed E-state index contributed by atoms with van der Waals surface area (Å²) in [5.41, 5.74) is 0. The number of sulfone groups is 1. The van der Waals surface area contributed by atoms with Crippen LogP contribution in [0, 0.1) is 0 Å². The molecule has 0 heterocycles. The van der Waals surface area contributed by atoms with E-state index in [9.17, 15) is 18.0 Å². The minimum Gasteiger partial charge on any atom is -0.481 e. The molecule has 1 atom stereocenters. The molecule has 2 N–H and O–H groups in total. The lowest BCUT2D eigenvalue weighted by atomic mass is 10.2. The van der Waals surface area contributed by atoms with Gasteiger partial charge in [-0.15, -0.1) is 0 Å². The van der Waals surface area contributed by atoms with Gasteiger partial charge in [-0.1, -0.05) is 13.8 Å². The van der Waals surface area contributed by atoms with Crippen molar-refractivity contribution >= 4 is 21.7 Å². The monoisotopic (exact) mass is 279 g/mol. The number of hydrogen-bond donors (Lipinski definition) is 2. The van der Waals surface area contributed by atoms with Crippen molar-refractivity contribution in [2.24, 2.45) is 0 Å². The zero-order valence-electron chi connectivity index (χ0n) is 11.0. The third kappa shape index (κ3) is 5.48. The summed E-state index contributed by atoms with van der Waals surface area (Å²) in [5, 5.41) is 9.89. The molecule has 0 rings (SSSR count). The van der Waals surface area contributed by atoms with E-state index in [4.69, 9.17) is 5.11 Å². The highest BCUT2D eigenvalue weighted by Gasteiger charge is 2.29. The SMILES string of the molecule is CCC(CC)NC(=O)C(C)S(=O)(=O)CCC(=O)O. The van der Waals surface area contributed by atoms with Crippen LogP contribution in [-0.4, -0.2) is 42.4 Å². The maximum Gasteiger partial charge on any atom is 0.304 e. The standard InChI is InChI=1S/C11H21NO5S/c1-4-9(5-2)12-11(15)8(3)18(16,17)7-6-10(13)14/h8-9H,4-7H2,1-3H3,(H,12,15)(H,13,14). The summed E-state index contributed by atoms with van der Waals surface area (Å²) in [6.07, 6.45) is 0.971. The Morgan fingerprint density at radius 1 is 1.22 bits per heavy atom. The molecule has 0 aliphatic heterocycles. The highest BCUT2D eigenvalue weighted by molar-refractivity contribution is 7.92. The number of hydrogen-bond acceptors (Lipinski definition) is 4. The van der Waals surface area contributed by atoms with Crippen molar-refractivity contribution in [2.75, 3.05) is 5.75 Å². The van der Waals surface area contributed by atoms with Crippen LogP contribution in [0.5, 0.6) is 0 Å². The van der Waals surface area contributed by atoms with Gasteiger partial charge in [-0.3, -0.25) is 9.59 Å². The van der Waals surface area contributed by atoms with Crippen molar-refractivity contribution in [1.82, 2.24) is 5.32 Å². The van der Waals surface area contributed by atoms with E-state index < -0.39 is 39.1 Å². The normalized spacial score (nSPS) is 13.3. The Kier molecular flexibility index (Phi) is 6.90. The van der Waals surface area contributed by atoms with Crippen LogP contribution in [0.2, 0.25) is 0 Å². The van der Waals surface area contributed by atoms with E-state index >= 15 is 0 Å². The molecule has 0 saturated carbocycles. The smallest absolute Gasteiger partial charge is 0.304 e. The maximum atomic E-state index is 11.7. The van der Waals surface area contributed by atoms with Crippen LogP contribution in [0.25, 0.3) is 0 Å². The Morgan fingerprint density at radius 3 is 2.11 bits per heavy atom. The molecule has 0 spiro atoms. The van der Waals surface area contributed by atoms with Crippen molar-refractivity contribution in [3.8, 4) is 0 Å². The van der Waals surface area contributed by atoms with Crippen LogP contribution >= 0.6 is 0 Å². The van der Waals surface area contributed by atoms with Crippen molar-refractivity contribution < 1.29 is 23.1 Å². The van der Waals surface area contributed by atoms with Gasteiger partial charge in [-0.2, -0.15) is 0 Å². The van der Waals surface area contributed by atoms with E-state index in [2.05, 4.69) is 5.32 Å². The Morgan fingerprint density at radius 2 is 1.72 bits per heavy atom. The average Bonchev–Trinajstić information content (AvgIpc) is 2.32. The molecule has 1 amide bonds. The third-order valence-electron chi connectivity index (χ3n) is 2.84. The fourth-order valence-electron chi connectivity index (χ4n) is 1.38. The van der Waals surface area contributed by atoms with Crippen molar-refractivity contribution in [3.05, 3.63) is 0 Å². The van der Waals surface area contributed by atoms with Gasteiger partial charge in [0, 0.05) is 6.04 Å². The molecule has 0 aliphatic rings. The molecular weight excluding hydrogens is 258 g/mol. The number of rotatable bonds is 8. The summed E-state index contributed by atoms with van der Waals surface area (Å²) in [6.45, 7) is 5.09. The number of carbonyl (C=O) groups excluding carboxylic acids is 1. The summed E-state index contributed by atoms with van der Waals surface area (Å²) in [6, 6.07) is -0.0466. The zero-order valence-corrected chi connectivity index (χ0v) is 11.8. The van der Waals surface area contributed by atoms with E-state index in [1.54, 1.807) is 0 Å². The van der Waals surface area contributed by atoms with E-state index in [-0.39, 0.29) is 6.04 Å². The molecule has 0 aromatic heterocycles. The van der Waals surface area contributed by atoms with E-state index in [0.29, 0.717) is 0 Å². The molecule has 106 valence electrons. The summed E-state index contributed by atoms with van der Waals surface area (Å²) < 4.78 is 23.4. The third-order valence-corrected chi connectivity index (χ3v) is 4.90. The Hall–Kier alpha value is -1.11. The lowest BCUT2D eigenvalue weighted by Crippen LogP contribution is -2.43. The number of nitrogens with one attached hydrogen (secondary N) is 1. The van der Waals surface area contributed by atoms with Crippen molar-refractivity contribution in [2.45, 2.75) is 51.3 Å². The summed E-state index contributed by atoms with van der Waals surface area (Å²) >= 11 is 0. The average molecular weight is 279 g/mol. The van der Waals surface area contributed by atoms with Gasteiger partial charge in [0.25, 0.3) is 0 Å². The van der Waals surface area contributed by atoms with Gasteiger partial charge in [0.05, 0.1) is 12.2 Å². The highest BCUT2D eigenvalue weighted by atomic mass is 32.2. The van der Waals surface area contributed by atoms with Crippen LogP contribution in [0.15, 0.2) is 0 Å². The quantitative estimate of drug-likeness (QED) is 0.676.